The van der Waals surface area contributed by atoms with Gasteiger partial charge in [-0.15, -0.1) is 0 Å². The van der Waals surface area contributed by atoms with Crippen LogP contribution in [0.25, 0.3) is 0 Å². The number of hydrogen-bond donors (Lipinski definition) is 2. The van der Waals surface area contributed by atoms with E-state index in [-0.39, 0.29) is 11.7 Å². The molecule has 0 bridgehead atoms. The van der Waals surface area contributed by atoms with Gasteiger partial charge in [0.05, 0.1) is 12.5 Å². The minimum absolute atomic E-state index is 0.0830. The highest BCUT2D eigenvalue weighted by molar-refractivity contribution is 5.94. The number of rotatable bonds is 5. The first-order valence-electron chi connectivity index (χ1n) is 6.92. The smallest absolute Gasteiger partial charge is 0.391 e. The number of halogens is 3. The number of carbonyl (C=O) groups is 2. The van der Waals surface area contributed by atoms with Gasteiger partial charge < -0.3 is 10.4 Å². The SMILES string of the molecule is O=C(NC(CC(F)(F)F)C(=O)O)c1ccn(C2CCCC2)n1. The molecule has 1 aromatic heterocycles. The lowest BCUT2D eigenvalue weighted by molar-refractivity contribution is -0.157. The third-order valence-corrected chi connectivity index (χ3v) is 3.58. The minimum Gasteiger partial charge on any atom is -0.480 e. The van der Waals surface area contributed by atoms with E-state index in [4.69, 9.17) is 5.11 Å². The Labute approximate surface area is 124 Å². The lowest BCUT2D eigenvalue weighted by atomic mass is 10.2. The molecule has 1 saturated carbocycles. The van der Waals surface area contributed by atoms with Crippen molar-refractivity contribution in [2.45, 2.75) is 50.4 Å². The van der Waals surface area contributed by atoms with Gasteiger partial charge in [0.25, 0.3) is 5.91 Å². The highest BCUT2D eigenvalue weighted by Crippen LogP contribution is 2.28. The van der Waals surface area contributed by atoms with Crippen LogP contribution >= 0.6 is 0 Å². The Hall–Kier alpha value is -2.06. The number of carbonyl (C=O) groups excluding carboxylic acids is 1. The number of carboxylic acid groups (broad SMARTS) is 1. The summed E-state index contributed by atoms with van der Waals surface area (Å²) in [6.45, 7) is 0. The molecule has 0 aliphatic heterocycles. The van der Waals surface area contributed by atoms with Crippen molar-refractivity contribution in [3.8, 4) is 0 Å². The fraction of sp³-hybridized carbons (Fsp3) is 0.615. The molecular weight excluding hydrogens is 303 g/mol. The molecule has 0 radical (unpaired) electrons. The third kappa shape index (κ3) is 4.22. The normalized spacial score (nSPS) is 17.4. The summed E-state index contributed by atoms with van der Waals surface area (Å²) in [7, 11) is 0. The largest absolute Gasteiger partial charge is 0.480 e. The van der Waals surface area contributed by atoms with E-state index in [1.807, 2.05) is 5.32 Å². The molecule has 0 saturated heterocycles. The number of carboxylic acids is 1. The predicted octanol–water partition coefficient (Wildman–Crippen LogP) is 2.13. The average molecular weight is 319 g/mol. The quantitative estimate of drug-likeness (QED) is 0.871. The zero-order chi connectivity index (χ0) is 16.3. The first-order valence-corrected chi connectivity index (χ1v) is 6.92. The highest BCUT2D eigenvalue weighted by atomic mass is 19.4. The number of aliphatic carboxylic acids is 1. The standard InChI is InChI=1S/C13H16F3N3O3/c14-13(15,16)7-10(12(21)22)17-11(20)9-5-6-19(18-9)8-3-1-2-4-8/h5-6,8,10H,1-4,7H2,(H,17,20)(H,21,22). The lowest BCUT2D eigenvalue weighted by Crippen LogP contribution is -2.43. The van der Waals surface area contributed by atoms with Crippen LogP contribution in [0.2, 0.25) is 0 Å². The molecule has 22 heavy (non-hydrogen) atoms. The first kappa shape index (κ1) is 16.3. The van der Waals surface area contributed by atoms with Gasteiger partial charge in [0.1, 0.15) is 11.7 Å². The van der Waals surface area contributed by atoms with Gasteiger partial charge in [0.2, 0.25) is 0 Å². The van der Waals surface area contributed by atoms with Crippen molar-refractivity contribution in [1.82, 2.24) is 15.1 Å². The number of amides is 1. The van der Waals surface area contributed by atoms with E-state index in [2.05, 4.69) is 5.10 Å². The number of nitrogens with one attached hydrogen (secondary N) is 1. The molecule has 1 aliphatic carbocycles. The van der Waals surface area contributed by atoms with Gasteiger partial charge in [-0.05, 0) is 18.9 Å². The molecule has 9 heteroatoms. The van der Waals surface area contributed by atoms with Crippen molar-refractivity contribution in [2.75, 3.05) is 0 Å². The van der Waals surface area contributed by atoms with E-state index in [1.54, 1.807) is 10.9 Å². The van der Waals surface area contributed by atoms with Crippen molar-refractivity contribution in [1.29, 1.82) is 0 Å². The van der Waals surface area contributed by atoms with E-state index < -0.39 is 30.5 Å². The first-order chi connectivity index (χ1) is 10.3. The average Bonchev–Trinajstić information content (AvgIpc) is 3.07. The van der Waals surface area contributed by atoms with Crippen molar-refractivity contribution in [2.24, 2.45) is 0 Å². The Kier molecular flexibility index (Phi) is 4.72. The maximum Gasteiger partial charge on any atom is 0.391 e. The molecule has 6 nitrogen and oxygen atoms in total. The van der Waals surface area contributed by atoms with E-state index in [0.29, 0.717) is 0 Å². The van der Waals surface area contributed by atoms with Crippen LogP contribution < -0.4 is 5.32 Å². The van der Waals surface area contributed by atoms with Crippen LogP contribution in [0, 0.1) is 0 Å². The van der Waals surface area contributed by atoms with Gasteiger partial charge >= 0.3 is 12.1 Å². The Morgan fingerprint density at radius 3 is 2.59 bits per heavy atom. The van der Waals surface area contributed by atoms with Gasteiger partial charge in [0.15, 0.2) is 0 Å². The molecule has 1 unspecified atom stereocenters. The second kappa shape index (κ2) is 6.37. The fourth-order valence-electron chi connectivity index (χ4n) is 2.50. The second-order valence-corrected chi connectivity index (χ2v) is 5.30. The van der Waals surface area contributed by atoms with Crippen molar-refractivity contribution in [3.05, 3.63) is 18.0 Å². The lowest BCUT2D eigenvalue weighted by Gasteiger charge is -2.15. The molecule has 122 valence electrons. The van der Waals surface area contributed by atoms with Crippen LogP contribution in [0.15, 0.2) is 12.3 Å². The second-order valence-electron chi connectivity index (χ2n) is 5.30. The zero-order valence-electron chi connectivity index (χ0n) is 11.6. The summed E-state index contributed by atoms with van der Waals surface area (Å²) in [6, 6.07) is -0.462. The summed E-state index contributed by atoms with van der Waals surface area (Å²) in [5.41, 5.74) is -0.0830. The molecule has 1 aliphatic rings. The molecule has 0 aromatic carbocycles. The molecule has 1 heterocycles. The number of alkyl halides is 3. The Bertz CT molecular complexity index is 550. The molecule has 1 amide bonds. The predicted molar refractivity (Wildman–Crippen MR) is 69.3 cm³/mol. The van der Waals surface area contributed by atoms with Crippen LogP contribution in [-0.4, -0.2) is 39.0 Å². The summed E-state index contributed by atoms with van der Waals surface area (Å²) in [5, 5.41) is 14.7. The number of hydrogen-bond acceptors (Lipinski definition) is 3. The summed E-state index contributed by atoms with van der Waals surface area (Å²) in [6.07, 6.45) is -0.706. The third-order valence-electron chi connectivity index (χ3n) is 3.58. The molecular formula is C13H16F3N3O3. The van der Waals surface area contributed by atoms with Gasteiger partial charge in [-0.2, -0.15) is 18.3 Å². The number of nitrogens with zero attached hydrogens (tertiary/aromatic N) is 2. The van der Waals surface area contributed by atoms with Gasteiger partial charge in [-0.1, -0.05) is 12.8 Å². The maximum atomic E-state index is 12.3. The Morgan fingerprint density at radius 2 is 2.05 bits per heavy atom. The van der Waals surface area contributed by atoms with Gasteiger partial charge in [0, 0.05) is 6.20 Å². The van der Waals surface area contributed by atoms with E-state index in [9.17, 15) is 22.8 Å². The monoisotopic (exact) mass is 319 g/mol. The van der Waals surface area contributed by atoms with Crippen molar-refractivity contribution < 1.29 is 27.9 Å². The topological polar surface area (TPSA) is 84.2 Å². The van der Waals surface area contributed by atoms with Crippen LogP contribution in [0.5, 0.6) is 0 Å². The van der Waals surface area contributed by atoms with E-state index in [0.717, 1.165) is 25.7 Å². The van der Waals surface area contributed by atoms with E-state index >= 15 is 0 Å². The minimum atomic E-state index is -4.68. The summed E-state index contributed by atoms with van der Waals surface area (Å²) in [5.74, 6) is -2.66. The van der Waals surface area contributed by atoms with Crippen LogP contribution in [-0.2, 0) is 4.79 Å². The van der Waals surface area contributed by atoms with Crippen molar-refractivity contribution in [3.63, 3.8) is 0 Å². The molecule has 1 atom stereocenters. The van der Waals surface area contributed by atoms with Crippen LogP contribution in [0.4, 0.5) is 13.2 Å². The Balaban J connectivity index is 2.02. The fourth-order valence-corrected chi connectivity index (χ4v) is 2.50. The highest BCUT2D eigenvalue weighted by Gasteiger charge is 2.36. The molecule has 1 aromatic rings. The van der Waals surface area contributed by atoms with Gasteiger partial charge in [-0.25, -0.2) is 4.79 Å². The van der Waals surface area contributed by atoms with Crippen LogP contribution in [0.3, 0.4) is 0 Å². The van der Waals surface area contributed by atoms with E-state index in [1.165, 1.54) is 6.07 Å². The van der Waals surface area contributed by atoms with Crippen molar-refractivity contribution >= 4 is 11.9 Å². The molecule has 2 rings (SSSR count). The number of aromatic nitrogens is 2. The zero-order valence-corrected chi connectivity index (χ0v) is 11.6. The summed E-state index contributed by atoms with van der Waals surface area (Å²) < 4.78 is 38.5. The molecule has 1 fully saturated rings. The van der Waals surface area contributed by atoms with Gasteiger partial charge in [-0.3, -0.25) is 9.48 Å². The molecule has 0 spiro atoms. The molecule has 2 N–H and O–H groups in total. The van der Waals surface area contributed by atoms with Crippen LogP contribution in [0.1, 0.15) is 48.6 Å². The Morgan fingerprint density at radius 1 is 1.41 bits per heavy atom. The summed E-state index contributed by atoms with van der Waals surface area (Å²) in [4.78, 5) is 22.7. The summed E-state index contributed by atoms with van der Waals surface area (Å²) >= 11 is 0. The maximum absolute atomic E-state index is 12.3.